The molecule has 1 N–H and O–H groups in total. The van der Waals surface area contributed by atoms with Gasteiger partial charge in [0, 0.05) is 18.0 Å². The quantitative estimate of drug-likeness (QED) is 0.543. The first-order valence-corrected chi connectivity index (χ1v) is 12.9. The molecule has 2 aromatic rings. The molecule has 2 aromatic carbocycles. The van der Waals surface area contributed by atoms with Crippen LogP contribution in [0.3, 0.4) is 0 Å². The molecule has 1 heterocycles. The largest absolute Gasteiger partial charge is 0.494 e. The predicted octanol–water partition coefficient (Wildman–Crippen LogP) is 3.30. The average molecular weight is 465 g/mol. The molecule has 0 spiro atoms. The van der Waals surface area contributed by atoms with Crippen LogP contribution in [0.4, 0.5) is 5.69 Å². The zero-order valence-electron chi connectivity index (χ0n) is 17.7. The van der Waals surface area contributed by atoms with Crippen LogP contribution in [0.5, 0.6) is 5.75 Å². The Morgan fingerprint density at radius 1 is 1.19 bits per heavy atom. The van der Waals surface area contributed by atoms with Gasteiger partial charge in [-0.25, -0.2) is 8.42 Å². The fraction of sp³-hybridized carbons (Fsp3) is 0.409. The van der Waals surface area contributed by atoms with Crippen LogP contribution in [0.1, 0.15) is 19.8 Å². The molecule has 0 saturated carbocycles. The van der Waals surface area contributed by atoms with Crippen LogP contribution in [-0.2, 0) is 19.6 Å². The molecule has 1 aliphatic heterocycles. The molecule has 1 fully saturated rings. The third-order valence-corrected chi connectivity index (χ3v) is 7.45. The summed E-state index contributed by atoms with van der Waals surface area (Å²) < 4.78 is 38.9. The molecule has 1 aliphatic rings. The van der Waals surface area contributed by atoms with Gasteiger partial charge >= 0.3 is 0 Å². The molecular formula is C22H28N2O5S2. The normalized spacial score (nSPS) is 16.1. The van der Waals surface area contributed by atoms with Crippen molar-refractivity contribution in [3.8, 4) is 5.75 Å². The third-order valence-electron chi connectivity index (χ3n) is 4.92. The second kappa shape index (κ2) is 10.9. The molecule has 0 aromatic heterocycles. The molecule has 0 unspecified atom stereocenters. The maximum atomic E-state index is 13.4. The van der Waals surface area contributed by atoms with Crippen LogP contribution >= 0.6 is 11.8 Å². The Bertz CT molecular complexity index is 956. The second-order valence-corrected chi connectivity index (χ2v) is 9.80. The van der Waals surface area contributed by atoms with E-state index in [2.05, 4.69) is 5.32 Å². The fourth-order valence-electron chi connectivity index (χ4n) is 3.28. The number of hydrogen-bond acceptors (Lipinski definition) is 6. The highest BCUT2D eigenvalue weighted by molar-refractivity contribution is 7.98. The van der Waals surface area contributed by atoms with E-state index in [0.29, 0.717) is 31.2 Å². The first-order chi connectivity index (χ1) is 14.9. The van der Waals surface area contributed by atoms with E-state index >= 15 is 0 Å². The summed E-state index contributed by atoms with van der Waals surface area (Å²) in [6.45, 7) is 3.13. The Morgan fingerprint density at radius 2 is 1.90 bits per heavy atom. The van der Waals surface area contributed by atoms with Crippen LogP contribution in [-0.4, -0.2) is 53.0 Å². The molecule has 1 saturated heterocycles. The monoisotopic (exact) mass is 464 g/mol. The van der Waals surface area contributed by atoms with E-state index in [1.165, 1.54) is 11.8 Å². The molecule has 7 nitrogen and oxygen atoms in total. The highest BCUT2D eigenvalue weighted by Gasteiger charge is 2.28. The number of anilines is 1. The number of amides is 1. The Hall–Kier alpha value is -2.23. The molecule has 3 rings (SSSR count). The van der Waals surface area contributed by atoms with E-state index in [0.717, 1.165) is 22.0 Å². The molecule has 0 bridgehead atoms. The Labute approximate surface area is 188 Å². The lowest BCUT2D eigenvalue weighted by atomic mass is 10.2. The summed E-state index contributed by atoms with van der Waals surface area (Å²) in [7, 11) is -3.95. The number of rotatable bonds is 10. The molecule has 1 atom stereocenters. The minimum Gasteiger partial charge on any atom is -0.494 e. The topological polar surface area (TPSA) is 84.9 Å². The molecule has 1 amide bonds. The summed E-state index contributed by atoms with van der Waals surface area (Å²) >= 11 is 1.53. The van der Waals surface area contributed by atoms with Crippen LogP contribution < -0.4 is 14.4 Å². The molecule has 0 radical (unpaired) electrons. The second-order valence-electron chi connectivity index (χ2n) is 7.05. The lowest BCUT2D eigenvalue weighted by Crippen LogP contribution is -2.42. The minimum absolute atomic E-state index is 0.0152. The summed E-state index contributed by atoms with van der Waals surface area (Å²) in [5.74, 6) is 0.254. The number of sulfonamides is 1. The van der Waals surface area contributed by atoms with Crippen LogP contribution in [0.2, 0.25) is 0 Å². The van der Waals surface area contributed by atoms with Gasteiger partial charge in [0.25, 0.3) is 10.0 Å². The van der Waals surface area contributed by atoms with Crippen molar-refractivity contribution in [1.82, 2.24) is 5.32 Å². The molecular weight excluding hydrogens is 436 g/mol. The summed E-state index contributed by atoms with van der Waals surface area (Å²) in [6.07, 6.45) is 3.77. The van der Waals surface area contributed by atoms with Crippen molar-refractivity contribution >= 4 is 33.4 Å². The van der Waals surface area contributed by atoms with Crippen molar-refractivity contribution in [2.24, 2.45) is 0 Å². The van der Waals surface area contributed by atoms with Crippen LogP contribution in [0.25, 0.3) is 0 Å². The third kappa shape index (κ3) is 6.15. The van der Waals surface area contributed by atoms with Crippen LogP contribution in [0.15, 0.2) is 58.3 Å². The predicted molar refractivity (Wildman–Crippen MR) is 122 cm³/mol. The van der Waals surface area contributed by atoms with Gasteiger partial charge in [-0.2, -0.15) is 0 Å². The average Bonchev–Trinajstić information content (AvgIpc) is 3.31. The van der Waals surface area contributed by atoms with Gasteiger partial charge in [0.05, 0.1) is 23.3 Å². The zero-order chi connectivity index (χ0) is 22.3. The van der Waals surface area contributed by atoms with Gasteiger partial charge in [0.15, 0.2) is 0 Å². The lowest BCUT2D eigenvalue weighted by Gasteiger charge is -2.24. The van der Waals surface area contributed by atoms with Crippen molar-refractivity contribution in [2.75, 3.05) is 36.9 Å². The number of thioether (sulfide) groups is 1. The molecule has 31 heavy (non-hydrogen) atoms. The van der Waals surface area contributed by atoms with Gasteiger partial charge in [-0.1, -0.05) is 0 Å². The standard InChI is InChI=1S/C22H28N2O5S2/c1-3-28-18-8-6-17(7-9-18)24(16-22(25)23-15-19-5-4-14-29-19)31(26,27)21-12-10-20(30-2)11-13-21/h6-13,19H,3-5,14-16H2,1-2H3,(H,23,25)/t19-/m0/s1. The maximum absolute atomic E-state index is 13.4. The summed E-state index contributed by atoms with van der Waals surface area (Å²) in [6, 6.07) is 13.3. The van der Waals surface area contributed by atoms with E-state index in [1.54, 1.807) is 48.5 Å². The summed E-state index contributed by atoms with van der Waals surface area (Å²) in [5, 5.41) is 2.80. The molecule has 0 aliphatic carbocycles. The van der Waals surface area contributed by atoms with Crippen LogP contribution in [0, 0.1) is 0 Å². The fourth-order valence-corrected chi connectivity index (χ4v) is 5.11. The van der Waals surface area contributed by atoms with E-state index in [9.17, 15) is 13.2 Å². The number of ether oxygens (including phenoxy) is 2. The SMILES string of the molecule is CCOc1ccc(N(CC(=O)NC[C@@H]2CCCO2)S(=O)(=O)c2ccc(SC)cc2)cc1. The Balaban J connectivity index is 1.84. The van der Waals surface area contributed by atoms with Crippen molar-refractivity contribution < 1.29 is 22.7 Å². The van der Waals surface area contributed by atoms with Gasteiger partial charge in [0.2, 0.25) is 5.91 Å². The van der Waals surface area contributed by atoms with Crippen molar-refractivity contribution in [3.63, 3.8) is 0 Å². The summed E-state index contributed by atoms with van der Waals surface area (Å²) in [5.41, 5.74) is 0.393. The van der Waals surface area contributed by atoms with Gasteiger partial charge in [0.1, 0.15) is 12.3 Å². The number of nitrogens with one attached hydrogen (secondary N) is 1. The maximum Gasteiger partial charge on any atom is 0.264 e. The van der Waals surface area contributed by atoms with Gasteiger partial charge < -0.3 is 14.8 Å². The van der Waals surface area contributed by atoms with Gasteiger partial charge in [-0.3, -0.25) is 9.10 Å². The first kappa shape index (κ1) is 23.4. The molecule has 168 valence electrons. The Kier molecular flexibility index (Phi) is 8.22. The molecule has 9 heteroatoms. The van der Waals surface area contributed by atoms with Gasteiger partial charge in [-0.05, 0) is 74.6 Å². The first-order valence-electron chi connectivity index (χ1n) is 10.2. The number of hydrogen-bond donors (Lipinski definition) is 1. The number of nitrogens with zero attached hydrogens (tertiary/aromatic N) is 1. The highest BCUT2D eigenvalue weighted by Crippen LogP contribution is 2.27. The van der Waals surface area contributed by atoms with Crippen molar-refractivity contribution in [1.29, 1.82) is 0 Å². The summed E-state index contributed by atoms with van der Waals surface area (Å²) in [4.78, 5) is 13.7. The number of benzene rings is 2. The number of carbonyl (C=O) groups excluding carboxylic acids is 1. The van der Waals surface area contributed by atoms with Gasteiger partial charge in [-0.15, -0.1) is 11.8 Å². The zero-order valence-corrected chi connectivity index (χ0v) is 19.4. The van der Waals surface area contributed by atoms with Crippen molar-refractivity contribution in [3.05, 3.63) is 48.5 Å². The minimum atomic E-state index is -3.95. The Morgan fingerprint density at radius 3 is 2.48 bits per heavy atom. The van der Waals surface area contributed by atoms with E-state index in [-0.39, 0.29) is 23.5 Å². The number of carbonyl (C=O) groups is 1. The van der Waals surface area contributed by atoms with Crippen molar-refractivity contribution in [2.45, 2.75) is 35.7 Å². The van der Waals surface area contributed by atoms with E-state index < -0.39 is 10.0 Å². The van der Waals surface area contributed by atoms with E-state index in [4.69, 9.17) is 9.47 Å². The van der Waals surface area contributed by atoms with E-state index in [1.807, 2.05) is 13.2 Å². The smallest absolute Gasteiger partial charge is 0.264 e. The lowest BCUT2D eigenvalue weighted by molar-refractivity contribution is -0.120. The highest BCUT2D eigenvalue weighted by atomic mass is 32.2.